The van der Waals surface area contributed by atoms with Crippen LogP contribution in [0.25, 0.3) is 0 Å². The van der Waals surface area contributed by atoms with E-state index >= 15 is 0 Å². The first kappa shape index (κ1) is 15.9. The van der Waals surface area contributed by atoms with E-state index < -0.39 is 0 Å². The van der Waals surface area contributed by atoms with Crippen molar-refractivity contribution in [1.82, 2.24) is 15.6 Å². The van der Waals surface area contributed by atoms with Gasteiger partial charge in [-0.05, 0) is 25.0 Å². The van der Waals surface area contributed by atoms with Crippen LogP contribution in [0.3, 0.4) is 0 Å². The van der Waals surface area contributed by atoms with Gasteiger partial charge in [-0.2, -0.15) is 0 Å². The second-order valence-corrected chi connectivity index (χ2v) is 4.83. The van der Waals surface area contributed by atoms with Crippen molar-refractivity contribution >= 4 is 11.8 Å². The highest BCUT2D eigenvalue weighted by Gasteiger charge is 2.04. The summed E-state index contributed by atoms with van der Waals surface area (Å²) >= 11 is 0. The van der Waals surface area contributed by atoms with Crippen LogP contribution >= 0.6 is 0 Å². The first-order chi connectivity index (χ1) is 9.50. The molecular weight excluding hydrogens is 254 g/mol. The molecule has 108 valence electrons. The lowest BCUT2D eigenvalue weighted by Gasteiger charge is -2.07. The largest absolute Gasteiger partial charge is 0.351 e. The number of aromatic nitrogens is 1. The lowest BCUT2D eigenvalue weighted by molar-refractivity contribution is -0.116. The fourth-order valence-electron chi connectivity index (χ4n) is 1.39. The minimum absolute atomic E-state index is 0.133. The molecule has 0 spiro atoms. The van der Waals surface area contributed by atoms with Crippen LogP contribution in [0.4, 0.5) is 0 Å². The van der Waals surface area contributed by atoms with Crippen molar-refractivity contribution in [2.24, 2.45) is 5.92 Å². The Balaban J connectivity index is 2.27. The molecule has 0 saturated heterocycles. The van der Waals surface area contributed by atoms with Crippen LogP contribution in [0.15, 0.2) is 36.2 Å². The van der Waals surface area contributed by atoms with Gasteiger partial charge in [0.2, 0.25) is 5.91 Å². The van der Waals surface area contributed by atoms with E-state index in [1.165, 1.54) is 6.20 Å². The van der Waals surface area contributed by atoms with Gasteiger partial charge in [-0.3, -0.25) is 14.6 Å². The number of allylic oxidation sites excluding steroid dienone is 1. The highest BCUT2D eigenvalue weighted by molar-refractivity contribution is 5.93. The standard InChI is InChI=1S/C15H21N3O2/c1-11(2)12(3)9-14(19)17-7-8-18-15(20)13-5-4-6-16-10-13/h4-6,9-11H,7-8H2,1-3H3,(H,17,19)(H,18,20)/b12-9+. The Hall–Kier alpha value is -2.17. The molecule has 0 aliphatic heterocycles. The van der Waals surface area contributed by atoms with Crippen molar-refractivity contribution in [3.05, 3.63) is 41.7 Å². The lowest BCUT2D eigenvalue weighted by atomic mass is 10.1. The molecule has 0 aromatic carbocycles. The van der Waals surface area contributed by atoms with Crippen molar-refractivity contribution in [3.63, 3.8) is 0 Å². The Morgan fingerprint density at radius 3 is 2.60 bits per heavy atom. The van der Waals surface area contributed by atoms with Gasteiger partial charge in [0.25, 0.3) is 5.91 Å². The molecule has 1 rings (SSSR count). The topological polar surface area (TPSA) is 71.1 Å². The van der Waals surface area contributed by atoms with Gasteiger partial charge in [0, 0.05) is 31.6 Å². The predicted octanol–water partition coefficient (Wildman–Crippen LogP) is 1.53. The summed E-state index contributed by atoms with van der Waals surface area (Å²) in [5.41, 5.74) is 1.54. The molecule has 20 heavy (non-hydrogen) atoms. The van der Waals surface area contributed by atoms with Crippen LogP contribution in [0.1, 0.15) is 31.1 Å². The Morgan fingerprint density at radius 2 is 2.00 bits per heavy atom. The number of nitrogens with one attached hydrogen (secondary N) is 2. The molecular formula is C15H21N3O2. The zero-order valence-electron chi connectivity index (χ0n) is 12.1. The second kappa shape index (κ2) is 8.09. The summed E-state index contributed by atoms with van der Waals surface area (Å²) < 4.78 is 0. The van der Waals surface area contributed by atoms with E-state index in [1.54, 1.807) is 24.4 Å². The van der Waals surface area contributed by atoms with Crippen molar-refractivity contribution in [1.29, 1.82) is 0 Å². The number of hydrogen-bond acceptors (Lipinski definition) is 3. The van der Waals surface area contributed by atoms with Crippen LogP contribution in [-0.2, 0) is 4.79 Å². The molecule has 0 bridgehead atoms. The average Bonchev–Trinajstić information content (AvgIpc) is 2.44. The van der Waals surface area contributed by atoms with Crippen LogP contribution in [0.2, 0.25) is 0 Å². The van der Waals surface area contributed by atoms with E-state index in [1.807, 2.05) is 20.8 Å². The minimum Gasteiger partial charge on any atom is -0.351 e. The first-order valence-corrected chi connectivity index (χ1v) is 6.65. The van der Waals surface area contributed by atoms with Gasteiger partial charge >= 0.3 is 0 Å². The summed E-state index contributed by atoms with van der Waals surface area (Å²) in [5, 5.41) is 5.45. The molecule has 0 radical (unpaired) electrons. The molecule has 0 aliphatic carbocycles. The number of hydrogen-bond donors (Lipinski definition) is 2. The third-order valence-corrected chi connectivity index (χ3v) is 2.90. The van der Waals surface area contributed by atoms with E-state index in [-0.39, 0.29) is 11.8 Å². The third kappa shape index (κ3) is 5.65. The quantitative estimate of drug-likeness (QED) is 0.611. The highest BCUT2D eigenvalue weighted by Crippen LogP contribution is 2.06. The normalized spacial score (nSPS) is 11.3. The molecule has 0 aliphatic rings. The zero-order valence-corrected chi connectivity index (χ0v) is 12.1. The number of carbonyl (C=O) groups excluding carboxylic acids is 2. The van der Waals surface area contributed by atoms with Gasteiger partial charge in [-0.1, -0.05) is 19.4 Å². The molecule has 2 N–H and O–H groups in total. The SMILES string of the molecule is C/C(=C\C(=O)NCCNC(=O)c1cccnc1)C(C)C. The number of nitrogens with zero attached hydrogens (tertiary/aromatic N) is 1. The number of rotatable bonds is 6. The summed E-state index contributed by atoms with van der Waals surface area (Å²) in [6, 6.07) is 3.39. The first-order valence-electron chi connectivity index (χ1n) is 6.65. The monoisotopic (exact) mass is 275 g/mol. The number of amides is 2. The van der Waals surface area contributed by atoms with Crippen molar-refractivity contribution < 1.29 is 9.59 Å². The van der Waals surface area contributed by atoms with Crippen LogP contribution in [0.5, 0.6) is 0 Å². The molecule has 1 heterocycles. The average molecular weight is 275 g/mol. The predicted molar refractivity (Wildman–Crippen MR) is 78.2 cm³/mol. The van der Waals surface area contributed by atoms with Gasteiger partial charge in [0.15, 0.2) is 0 Å². The fourth-order valence-corrected chi connectivity index (χ4v) is 1.39. The van der Waals surface area contributed by atoms with E-state index in [0.717, 1.165) is 5.57 Å². The highest BCUT2D eigenvalue weighted by atomic mass is 16.2. The molecule has 0 atom stereocenters. The van der Waals surface area contributed by atoms with Crippen LogP contribution in [-0.4, -0.2) is 29.9 Å². The van der Waals surface area contributed by atoms with Gasteiger partial charge in [0.1, 0.15) is 0 Å². The molecule has 0 fully saturated rings. The van der Waals surface area contributed by atoms with Crippen LogP contribution < -0.4 is 10.6 Å². The number of carbonyl (C=O) groups is 2. The van der Waals surface area contributed by atoms with E-state index in [9.17, 15) is 9.59 Å². The maximum atomic E-state index is 11.7. The second-order valence-electron chi connectivity index (χ2n) is 4.83. The van der Waals surface area contributed by atoms with E-state index in [4.69, 9.17) is 0 Å². The smallest absolute Gasteiger partial charge is 0.252 e. The van der Waals surface area contributed by atoms with Crippen molar-refractivity contribution in [2.45, 2.75) is 20.8 Å². The van der Waals surface area contributed by atoms with Crippen molar-refractivity contribution in [3.8, 4) is 0 Å². The molecule has 1 aromatic rings. The summed E-state index contributed by atoms with van der Waals surface area (Å²) in [6.07, 6.45) is 4.71. The zero-order chi connectivity index (χ0) is 15.0. The van der Waals surface area contributed by atoms with Gasteiger partial charge in [-0.25, -0.2) is 0 Å². The Bertz CT molecular complexity index is 481. The van der Waals surface area contributed by atoms with Crippen LogP contribution in [0, 0.1) is 5.92 Å². The van der Waals surface area contributed by atoms with E-state index in [2.05, 4.69) is 15.6 Å². The molecule has 0 unspecified atom stereocenters. The molecule has 2 amide bonds. The third-order valence-electron chi connectivity index (χ3n) is 2.90. The molecule has 5 nitrogen and oxygen atoms in total. The summed E-state index contributed by atoms with van der Waals surface area (Å²) in [5.74, 6) is 0.0270. The van der Waals surface area contributed by atoms with Gasteiger partial charge in [-0.15, -0.1) is 0 Å². The molecule has 5 heteroatoms. The van der Waals surface area contributed by atoms with Gasteiger partial charge < -0.3 is 10.6 Å². The fraction of sp³-hybridized carbons (Fsp3) is 0.400. The maximum absolute atomic E-state index is 11.7. The Morgan fingerprint density at radius 1 is 1.30 bits per heavy atom. The Labute approximate surface area is 119 Å². The summed E-state index contributed by atoms with van der Waals surface area (Å²) in [6.45, 7) is 6.77. The molecule has 0 saturated carbocycles. The summed E-state index contributed by atoms with van der Waals surface area (Å²) in [4.78, 5) is 27.1. The van der Waals surface area contributed by atoms with Crippen molar-refractivity contribution in [2.75, 3.05) is 13.1 Å². The van der Waals surface area contributed by atoms with Gasteiger partial charge in [0.05, 0.1) is 5.56 Å². The molecule has 1 aromatic heterocycles. The summed E-state index contributed by atoms with van der Waals surface area (Å²) in [7, 11) is 0. The Kier molecular flexibility index (Phi) is 6.43. The maximum Gasteiger partial charge on any atom is 0.252 e. The lowest BCUT2D eigenvalue weighted by Crippen LogP contribution is -2.34. The number of pyridine rings is 1. The minimum atomic E-state index is -0.193. The van der Waals surface area contributed by atoms with E-state index in [0.29, 0.717) is 24.6 Å².